The van der Waals surface area contributed by atoms with E-state index >= 15 is 0 Å². The number of hydrogen-bond donors (Lipinski definition) is 0. The first kappa shape index (κ1) is 20.2. The van der Waals surface area contributed by atoms with Crippen molar-refractivity contribution < 1.29 is 23.5 Å². The summed E-state index contributed by atoms with van der Waals surface area (Å²) in [6.07, 6.45) is 3.09. The minimum Gasteiger partial charge on any atom is -0.497 e. The molecule has 1 aromatic heterocycles. The van der Waals surface area contributed by atoms with Crippen LogP contribution in [0.25, 0.3) is 17.0 Å². The van der Waals surface area contributed by atoms with Gasteiger partial charge in [-0.3, -0.25) is 9.59 Å². The molecule has 0 saturated heterocycles. The van der Waals surface area contributed by atoms with Crippen LogP contribution in [0.2, 0.25) is 0 Å². The number of hydrogen-bond acceptors (Lipinski definition) is 5. The van der Waals surface area contributed by atoms with Crippen molar-refractivity contribution in [3.8, 4) is 11.5 Å². The van der Waals surface area contributed by atoms with Crippen molar-refractivity contribution in [2.75, 3.05) is 13.7 Å². The number of para-hydroxylation sites is 2. The Morgan fingerprint density at radius 1 is 0.935 bits per heavy atom. The van der Waals surface area contributed by atoms with Crippen LogP contribution in [0, 0.1) is 0 Å². The summed E-state index contributed by atoms with van der Waals surface area (Å²) in [5.41, 5.74) is 1.89. The number of Topliss-reactive ketones (excluding diaryl/α,β-unsaturated/α-hetero) is 1. The third-order valence-corrected chi connectivity index (χ3v) is 4.77. The Morgan fingerprint density at radius 2 is 1.68 bits per heavy atom. The van der Waals surface area contributed by atoms with E-state index in [0.29, 0.717) is 28.2 Å². The lowest BCUT2D eigenvalue weighted by Gasteiger charge is -2.09. The largest absolute Gasteiger partial charge is 0.497 e. The van der Waals surface area contributed by atoms with E-state index in [1.54, 1.807) is 49.6 Å². The lowest BCUT2D eigenvalue weighted by atomic mass is 10.1. The molecule has 4 aromatic rings. The quantitative estimate of drug-likeness (QED) is 0.278. The number of allylic oxidation sites excluding steroid dienone is 1. The third-order valence-electron chi connectivity index (χ3n) is 4.77. The summed E-state index contributed by atoms with van der Waals surface area (Å²) in [7, 11) is 1.57. The fourth-order valence-electron chi connectivity index (χ4n) is 3.10. The number of fused-ring (bicyclic) bond motifs is 1. The Morgan fingerprint density at radius 3 is 2.45 bits per heavy atom. The third kappa shape index (κ3) is 4.73. The van der Waals surface area contributed by atoms with E-state index < -0.39 is 0 Å². The minimum absolute atomic E-state index is 0.116. The van der Waals surface area contributed by atoms with E-state index in [2.05, 4.69) is 0 Å². The molecule has 0 spiro atoms. The van der Waals surface area contributed by atoms with Gasteiger partial charge in [0.15, 0.2) is 18.2 Å². The first-order valence-electron chi connectivity index (χ1n) is 9.74. The molecule has 0 aliphatic heterocycles. The molecule has 5 heteroatoms. The van der Waals surface area contributed by atoms with Gasteiger partial charge in [0.1, 0.15) is 17.1 Å². The van der Waals surface area contributed by atoms with E-state index in [0.717, 1.165) is 5.39 Å². The van der Waals surface area contributed by atoms with Crippen molar-refractivity contribution in [1.29, 1.82) is 0 Å². The Bertz CT molecular complexity index is 1220. The summed E-state index contributed by atoms with van der Waals surface area (Å²) in [4.78, 5) is 24.9. The molecule has 1 heterocycles. The number of ether oxygens (including phenoxy) is 2. The van der Waals surface area contributed by atoms with Crippen LogP contribution in [0.3, 0.4) is 0 Å². The van der Waals surface area contributed by atoms with Crippen molar-refractivity contribution in [2.45, 2.75) is 0 Å². The predicted octanol–water partition coefficient (Wildman–Crippen LogP) is 5.60. The summed E-state index contributed by atoms with van der Waals surface area (Å²) >= 11 is 0. The van der Waals surface area contributed by atoms with Crippen molar-refractivity contribution in [3.05, 3.63) is 102 Å². The van der Waals surface area contributed by atoms with Gasteiger partial charge in [-0.1, -0.05) is 36.4 Å². The zero-order chi connectivity index (χ0) is 21.6. The van der Waals surface area contributed by atoms with Crippen LogP contribution in [-0.4, -0.2) is 25.3 Å². The fourth-order valence-corrected chi connectivity index (χ4v) is 3.10. The van der Waals surface area contributed by atoms with E-state index in [4.69, 9.17) is 13.9 Å². The molecule has 0 aliphatic carbocycles. The number of rotatable bonds is 8. The average Bonchev–Trinajstić information content (AvgIpc) is 3.26. The number of benzene rings is 3. The molecule has 5 nitrogen and oxygen atoms in total. The van der Waals surface area contributed by atoms with Gasteiger partial charge in [-0.25, -0.2) is 0 Å². The standard InChI is InChI=1S/C26H20O5/c1-29-21-13-10-18(11-14-21)23(28)17-30-24-8-4-2-6-19(24)12-15-22(27)26-16-20-7-3-5-9-25(20)31-26/h2-16H,17H2,1H3/b15-12+. The maximum atomic E-state index is 12.5. The minimum atomic E-state index is -0.250. The maximum absolute atomic E-state index is 12.5. The van der Waals surface area contributed by atoms with E-state index in [9.17, 15) is 9.59 Å². The predicted molar refractivity (Wildman–Crippen MR) is 119 cm³/mol. The smallest absolute Gasteiger partial charge is 0.221 e. The second-order valence-corrected chi connectivity index (χ2v) is 6.82. The highest BCUT2D eigenvalue weighted by Crippen LogP contribution is 2.22. The number of methoxy groups -OCH3 is 1. The molecule has 0 radical (unpaired) electrons. The van der Waals surface area contributed by atoms with Gasteiger partial charge < -0.3 is 13.9 Å². The lowest BCUT2D eigenvalue weighted by Crippen LogP contribution is -2.12. The van der Waals surface area contributed by atoms with Crippen LogP contribution >= 0.6 is 0 Å². The van der Waals surface area contributed by atoms with Gasteiger partial charge in [0.05, 0.1) is 7.11 Å². The van der Waals surface area contributed by atoms with Gasteiger partial charge in [0.25, 0.3) is 0 Å². The van der Waals surface area contributed by atoms with Crippen LogP contribution in [0.5, 0.6) is 11.5 Å². The van der Waals surface area contributed by atoms with Crippen molar-refractivity contribution in [2.24, 2.45) is 0 Å². The normalized spacial score (nSPS) is 11.0. The summed E-state index contributed by atoms with van der Waals surface area (Å²) in [6.45, 7) is -0.116. The molecular formula is C26H20O5. The molecule has 0 saturated carbocycles. The summed E-state index contributed by atoms with van der Waals surface area (Å²) in [5, 5.41) is 0.875. The number of ketones is 2. The summed E-state index contributed by atoms with van der Waals surface area (Å²) in [6, 6.07) is 23.3. The number of carbonyl (C=O) groups excluding carboxylic acids is 2. The van der Waals surface area contributed by atoms with Crippen molar-refractivity contribution in [3.63, 3.8) is 0 Å². The molecule has 0 atom stereocenters. The highest BCUT2D eigenvalue weighted by Gasteiger charge is 2.11. The van der Waals surface area contributed by atoms with Gasteiger partial charge in [0.2, 0.25) is 5.78 Å². The molecule has 3 aromatic carbocycles. The van der Waals surface area contributed by atoms with E-state index in [1.165, 1.54) is 6.08 Å². The highest BCUT2D eigenvalue weighted by atomic mass is 16.5. The number of carbonyl (C=O) groups is 2. The molecule has 0 fully saturated rings. The molecule has 0 unspecified atom stereocenters. The van der Waals surface area contributed by atoms with Gasteiger partial charge in [-0.05, 0) is 54.6 Å². The average molecular weight is 412 g/mol. The van der Waals surface area contributed by atoms with Gasteiger partial charge in [-0.2, -0.15) is 0 Å². The zero-order valence-corrected chi connectivity index (χ0v) is 16.9. The summed E-state index contributed by atoms with van der Waals surface area (Å²) in [5.74, 6) is 1.06. The Labute approximate surface area is 179 Å². The first-order chi connectivity index (χ1) is 15.1. The maximum Gasteiger partial charge on any atom is 0.221 e. The zero-order valence-electron chi connectivity index (χ0n) is 16.9. The molecular weight excluding hydrogens is 392 g/mol. The van der Waals surface area contributed by atoms with Crippen molar-refractivity contribution in [1.82, 2.24) is 0 Å². The fraction of sp³-hybridized carbons (Fsp3) is 0.0769. The lowest BCUT2D eigenvalue weighted by molar-refractivity contribution is 0.0920. The Kier molecular flexibility index (Phi) is 5.94. The Balaban J connectivity index is 1.45. The number of furan rings is 1. The van der Waals surface area contributed by atoms with Gasteiger partial charge in [-0.15, -0.1) is 0 Å². The van der Waals surface area contributed by atoms with Crippen LogP contribution in [0.1, 0.15) is 26.5 Å². The van der Waals surface area contributed by atoms with Crippen LogP contribution < -0.4 is 9.47 Å². The highest BCUT2D eigenvalue weighted by molar-refractivity contribution is 6.07. The van der Waals surface area contributed by atoms with E-state index in [-0.39, 0.29) is 23.9 Å². The first-order valence-corrected chi connectivity index (χ1v) is 9.74. The van der Waals surface area contributed by atoms with Gasteiger partial charge >= 0.3 is 0 Å². The topological polar surface area (TPSA) is 65.7 Å². The molecule has 0 amide bonds. The molecule has 0 bridgehead atoms. The molecule has 0 aliphatic rings. The van der Waals surface area contributed by atoms with Gasteiger partial charge in [0, 0.05) is 16.5 Å². The second kappa shape index (κ2) is 9.13. The molecule has 154 valence electrons. The molecule has 31 heavy (non-hydrogen) atoms. The van der Waals surface area contributed by atoms with E-state index in [1.807, 2.05) is 42.5 Å². The molecule has 0 N–H and O–H groups in total. The van der Waals surface area contributed by atoms with Crippen molar-refractivity contribution >= 4 is 28.6 Å². The second-order valence-electron chi connectivity index (χ2n) is 6.82. The Hall–Kier alpha value is -4.12. The SMILES string of the molecule is COc1ccc(C(=O)COc2ccccc2/C=C/C(=O)c2cc3ccccc3o2)cc1. The monoisotopic (exact) mass is 412 g/mol. The van der Waals surface area contributed by atoms with Crippen LogP contribution in [0.15, 0.2) is 89.4 Å². The van der Waals surface area contributed by atoms with Crippen LogP contribution in [0.4, 0.5) is 0 Å². The van der Waals surface area contributed by atoms with Crippen LogP contribution in [-0.2, 0) is 0 Å². The summed E-state index contributed by atoms with van der Waals surface area (Å²) < 4.78 is 16.4. The molecule has 4 rings (SSSR count).